The Labute approximate surface area is 213 Å². The van der Waals surface area contributed by atoms with Gasteiger partial charge in [0.25, 0.3) is 5.91 Å². The Morgan fingerprint density at radius 1 is 1.28 bits per heavy atom. The molecule has 6 rings (SSSR count). The molecule has 0 saturated carbocycles. The van der Waals surface area contributed by atoms with E-state index in [1.807, 2.05) is 0 Å². The number of aliphatic imine (C=N–C) groups is 1. The minimum absolute atomic E-state index is 0. The summed E-state index contributed by atoms with van der Waals surface area (Å²) in [4.78, 5) is 37.3. The minimum atomic E-state index is -0.908. The van der Waals surface area contributed by atoms with Gasteiger partial charge in [-0.15, -0.1) is 0 Å². The fourth-order valence-corrected chi connectivity index (χ4v) is 5.83. The first-order valence-corrected chi connectivity index (χ1v) is 12.7. The van der Waals surface area contributed by atoms with Crippen molar-refractivity contribution in [3.8, 4) is 0 Å². The molecule has 0 aromatic carbocycles. The molecule has 11 nitrogen and oxygen atoms in total. The zero-order chi connectivity index (χ0) is 25.0. The first-order valence-electron chi connectivity index (χ1n) is 12.7. The van der Waals surface area contributed by atoms with Gasteiger partial charge in [0.1, 0.15) is 18.5 Å². The third-order valence-electron chi connectivity index (χ3n) is 7.88. The molecule has 11 heteroatoms. The maximum atomic E-state index is 12.5. The van der Waals surface area contributed by atoms with Crippen molar-refractivity contribution in [3.05, 3.63) is 34.4 Å². The molecule has 36 heavy (non-hydrogen) atoms. The molecule has 3 unspecified atom stereocenters. The third-order valence-corrected chi connectivity index (χ3v) is 7.88. The number of hydrogen-bond donors (Lipinski definition) is 3. The SMILES string of the molecule is Cc1nc2c(c3c1CC(CNCCC1CN(C4=CNC5(C)OCC(=O)NC5=N4)C(=O)O1)C3)CCN2C.[HH].[HH]. The van der Waals surface area contributed by atoms with Crippen LogP contribution in [0.4, 0.5) is 10.6 Å². The Morgan fingerprint density at radius 3 is 2.97 bits per heavy atom. The zero-order valence-corrected chi connectivity index (χ0v) is 21.0. The zero-order valence-electron chi connectivity index (χ0n) is 21.0. The molecule has 1 aliphatic carbocycles. The monoisotopic (exact) mass is 499 g/mol. The number of amidine groups is 1. The lowest BCUT2D eigenvalue weighted by atomic mass is 10.0. The Balaban J connectivity index is 0.00000168. The van der Waals surface area contributed by atoms with Gasteiger partial charge in [0.2, 0.25) is 0 Å². The van der Waals surface area contributed by atoms with Gasteiger partial charge in [-0.3, -0.25) is 9.69 Å². The fraction of sp³-hybridized carbons (Fsp3) is 0.600. The number of anilines is 1. The number of nitrogens with zero attached hydrogens (tertiary/aromatic N) is 4. The summed E-state index contributed by atoms with van der Waals surface area (Å²) in [6.45, 7) is 7.04. The van der Waals surface area contributed by atoms with E-state index < -0.39 is 11.8 Å². The van der Waals surface area contributed by atoms with Crippen LogP contribution in [0, 0.1) is 12.8 Å². The van der Waals surface area contributed by atoms with E-state index in [1.165, 1.54) is 33.1 Å². The highest BCUT2D eigenvalue weighted by atomic mass is 16.6. The van der Waals surface area contributed by atoms with E-state index in [0.29, 0.717) is 24.1 Å². The molecule has 3 atom stereocenters. The number of cyclic esters (lactones) is 1. The molecule has 196 valence electrons. The van der Waals surface area contributed by atoms with Crippen molar-refractivity contribution >= 4 is 23.7 Å². The standard InChI is InChI=1S/C25H33N7O4.2H2/c1-14-18-8-15(9-19(18)17-5-7-31(3)22(17)28-14)10-26-6-4-16-12-32(24(34)36-16)20-11-27-25(2)23(29-20)30-21(33)13-35-25;;/h11,15-16,26-27H,4-10,12-13H2,1-3H3,(H,29,30,33);2*1H. The van der Waals surface area contributed by atoms with Crippen LogP contribution in [0.2, 0.25) is 0 Å². The summed E-state index contributed by atoms with van der Waals surface area (Å²) in [5.74, 6) is 2.21. The largest absolute Gasteiger partial charge is 0.444 e. The molecule has 3 N–H and O–H groups in total. The van der Waals surface area contributed by atoms with Crippen LogP contribution in [0.1, 0.15) is 38.6 Å². The number of aryl methyl sites for hydroxylation is 1. The Morgan fingerprint density at radius 2 is 2.11 bits per heavy atom. The summed E-state index contributed by atoms with van der Waals surface area (Å²) in [5.41, 5.74) is 4.69. The van der Waals surface area contributed by atoms with E-state index in [2.05, 4.69) is 39.8 Å². The number of rotatable bonds is 6. The van der Waals surface area contributed by atoms with Gasteiger partial charge < -0.3 is 30.3 Å². The number of aromatic nitrogens is 1. The molecular formula is C25H37N7O4. The maximum Gasteiger partial charge on any atom is 0.415 e. The van der Waals surface area contributed by atoms with Crippen LogP contribution < -0.4 is 20.9 Å². The van der Waals surface area contributed by atoms with Gasteiger partial charge >= 0.3 is 6.09 Å². The molecule has 1 aromatic rings. The minimum Gasteiger partial charge on any atom is -0.444 e. The molecule has 5 aliphatic rings. The lowest BCUT2D eigenvalue weighted by molar-refractivity contribution is -0.132. The molecular weight excluding hydrogens is 462 g/mol. The summed E-state index contributed by atoms with van der Waals surface area (Å²) in [6.07, 6.45) is 4.98. The van der Waals surface area contributed by atoms with Crippen molar-refractivity contribution in [2.45, 2.75) is 51.4 Å². The number of nitrogens with one attached hydrogen (secondary N) is 3. The number of carbonyl (C=O) groups is 2. The van der Waals surface area contributed by atoms with Crippen molar-refractivity contribution in [1.82, 2.24) is 25.8 Å². The van der Waals surface area contributed by atoms with E-state index in [9.17, 15) is 9.59 Å². The second-order valence-electron chi connectivity index (χ2n) is 10.5. The number of morpholine rings is 1. The van der Waals surface area contributed by atoms with Crippen molar-refractivity contribution in [2.75, 3.05) is 44.7 Å². The Kier molecular flexibility index (Phi) is 5.64. The first-order chi connectivity index (χ1) is 17.3. The first kappa shape index (κ1) is 23.2. The van der Waals surface area contributed by atoms with Gasteiger partial charge in [-0.1, -0.05) is 0 Å². The molecule has 4 aliphatic heterocycles. The summed E-state index contributed by atoms with van der Waals surface area (Å²) in [5, 5.41) is 9.40. The van der Waals surface area contributed by atoms with Crippen molar-refractivity contribution in [2.24, 2.45) is 10.9 Å². The highest BCUT2D eigenvalue weighted by Crippen LogP contribution is 2.38. The summed E-state index contributed by atoms with van der Waals surface area (Å²) in [6, 6.07) is 0. The number of pyridine rings is 1. The Hall–Kier alpha value is -3.18. The van der Waals surface area contributed by atoms with Crippen LogP contribution in [-0.2, 0) is 33.5 Å². The predicted octanol–water partition coefficient (Wildman–Crippen LogP) is 1.05. The van der Waals surface area contributed by atoms with Crippen molar-refractivity contribution in [1.29, 1.82) is 0 Å². The second kappa shape index (κ2) is 8.74. The van der Waals surface area contributed by atoms with Crippen molar-refractivity contribution < 1.29 is 21.9 Å². The number of amides is 2. The number of hydrogen-bond acceptors (Lipinski definition) is 9. The molecule has 1 aromatic heterocycles. The smallest absolute Gasteiger partial charge is 0.415 e. The number of carbonyl (C=O) groups excluding carboxylic acids is 2. The lowest BCUT2D eigenvalue weighted by Gasteiger charge is -2.38. The summed E-state index contributed by atoms with van der Waals surface area (Å²) < 4.78 is 11.1. The second-order valence-corrected chi connectivity index (χ2v) is 10.5. The van der Waals surface area contributed by atoms with Crippen LogP contribution >= 0.6 is 0 Å². The van der Waals surface area contributed by atoms with Gasteiger partial charge in [0, 0.05) is 28.3 Å². The lowest BCUT2D eigenvalue weighted by Crippen LogP contribution is -2.63. The Bertz CT molecular complexity index is 1190. The molecule has 0 radical (unpaired) electrons. The van der Waals surface area contributed by atoms with Gasteiger partial charge in [-0.2, -0.15) is 0 Å². The van der Waals surface area contributed by atoms with E-state index >= 15 is 0 Å². The molecule has 2 amide bonds. The summed E-state index contributed by atoms with van der Waals surface area (Å²) in [7, 11) is 2.13. The molecule has 2 fully saturated rings. The van der Waals surface area contributed by atoms with Crippen LogP contribution in [0.25, 0.3) is 0 Å². The highest BCUT2D eigenvalue weighted by Gasteiger charge is 2.42. The molecule has 5 heterocycles. The maximum absolute atomic E-state index is 12.5. The predicted molar refractivity (Wildman–Crippen MR) is 137 cm³/mol. The van der Waals surface area contributed by atoms with E-state index in [0.717, 1.165) is 45.3 Å². The van der Waals surface area contributed by atoms with Crippen LogP contribution in [0.5, 0.6) is 0 Å². The van der Waals surface area contributed by atoms with Crippen LogP contribution in [-0.4, -0.2) is 79.4 Å². The van der Waals surface area contributed by atoms with Crippen molar-refractivity contribution in [3.63, 3.8) is 0 Å². The molecule has 2 saturated heterocycles. The highest BCUT2D eigenvalue weighted by molar-refractivity contribution is 6.05. The van der Waals surface area contributed by atoms with Gasteiger partial charge in [-0.05, 0) is 75.2 Å². The average molecular weight is 500 g/mol. The van der Waals surface area contributed by atoms with Gasteiger partial charge in [0.05, 0.1) is 6.54 Å². The van der Waals surface area contributed by atoms with Crippen LogP contribution in [0.15, 0.2) is 17.0 Å². The quantitative estimate of drug-likeness (QED) is 0.497. The summed E-state index contributed by atoms with van der Waals surface area (Å²) >= 11 is 0. The van der Waals surface area contributed by atoms with Crippen LogP contribution in [0.3, 0.4) is 0 Å². The fourth-order valence-electron chi connectivity index (χ4n) is 5.83. The van der Waals surface area contributed by atoms with Gasteiger partial charge in [-0.25, -0.2) is 14.8 Å². The topological polar surface area (TPSA) is 120 Å². The average Bonchev–Trinajstić information content (AvgIpc) is 3.54. The van der Waals surface area contributed by atoms with E-state index in [-0.39, 0.29) is 21.5 Å². The third kappa shape index (κ3) is 4.00. The van der Waals surface area contributed by atoms with Gasteiger partial charge in [0.15, 0.2) is 17.4 Å². The normalized spacial score (nSPS) is 28.6. The number of ether oxygens (including phenoxy) is 2. The van der Waals surface area contributed by atoms with E-state index in [4.69, 9.17) is 14.5 Å². The van der Waals surface area contributed by atoms with E-state index in [1.54, 1.807) is 13.1 Å². The number of likely N-dealkylation sites (N-methyl/N-ethyl adjacent to an activating group) is 1. The molecule has 0 bridgehead atoms. The number of fused-ring (bicyclic) bond motifs is 4. The molecule has 0 spiro atoms.